The van der Waals surface area contributed by atoms with Crippen molar-refractivity contribution >= 4 is 5.91 Å². The van der Waals surface area contributed by atoms with Crippen LogP contribution in [0.5, 0.6) is 0 Å². The normalized spacial score (nSPS) is 20.8. The molecule has 0 bridgehead atoms. The van der Waals surface area contributed by atoms with E-state index in [9.17, 15) is 30.3 Å². The minimum atomic E-state index is -1.57. The molecule has 1 heterocycles. The molecule has 368 valence electrons. The van der Waals surface area contributed by atoms with Gasteiger partial charge in [-0.1, -0.05) is 208 Å². The second kappa shape index (κ2) is 44.2. The lowest BCUT2D eigenvalue weighted by Gasteiger charge is -2.40. The summed E-state index contributed by atoms with van der Waals surface area (Å²) in [5, 5.41) is 54.0. The largest absolute Gasteiger partial charge is 0.394 e. The van der Waals surface area contributed by atoms with E-state index in [-0.39, 0.29) is 12.5 Å². The average Bonchev–Trinajstić information content (AvgIpc) is 3.29. The fourth-order valence-corrected chi connectivity index (χ4v) is 7.63. The van der Waals surface area contributed by atoms with Crippen LogP contribution in [0.2, 0.25) is 0 Å². The first kappa shape index (κ1) is 59.4. The molecule has 0 aliphatic carbocycles. The van der Waals surface area contributed by atoms with Gasteiger partial charge in [-0.25, -0.2) is 0 Å². The molecule has 0 aromatic rings. The number of carbonyl (C=O) groups excluding carboxylic acids is 1. The van der Waals surface area contributed by atoms with E-state index in [1.165, 1.54) is 103 Å². The molecule has 6 N–H and O–H groups in total. The molecule has 1 saturated heterocycles. The Hall–Kier alpha value is -2.63. The third-order valence-corrected chi connectivity index (χ3v) is 11.7. The first-order valence-corrected chi connectivity index (χ1v) is 25.8. The van der Waals surface area contributed by atoms with Crippen molar-refractivity contribution in [3.63, 3.8) is 0 Å². The number of amides is 1. The summed E-state index contributed by atoms with van der Waals surface area (Å²) in [6.07, 6.45) is 55.2. The van der Waals surface area contributed by atoms with Gasteiger partial charge in [0.1, 0.15) is 24.4 Å². The molecule has 1 rings (SSSR count). The molecular formula is C55H95NO8. The molecule has 0 radical (unpaired) electrons. The number of allylic oxidation sites excluding steroid dienone is 13. The molecule has 7 atom stereocenters. The van der Waals surface area contributed by atoms with E-state index in [0.29, 0.717) is 6.42 Å². The second-order valence-corrected chi connectivity index (χ2v) is 17.6. The van der Waals surface area contributed by atoms with Crippen LogP contribution in [-0.2, 0) is 14.3 Å². The Kier molecular flexibility index (Phi) is 41.0. The molecule has 9 nitrogen and oxygen atoms in total. The van der Waals surface area contributed by atoms with Crippen molar-refractivity contribution < 1.29 is 39.8 Å². The van der Waals surface area contributed by atoms with Crippen molar-refractivity contribution in [1.29, 1.82) is 0 Å². The fourth-order valence-electron chi connectivity index (χ4n) is 7.63. The van der Waals surface area contributed by atoms with Crippen LogP contribution in [0.4, 0.5) is 0 Å². The number of unbranched alkanes of at least 4 members (excludes halogenated alkanes) is 20. The minimum absolute atomic E-state index is 0.185. The Balaban J connectivity index is 2.11. The molecule has 1 fully saturated rings. The molecule has 1 amide bonds. The van der Waals surface area contributed by atoms with Crippen LogP contribution in [0.15, 0.2) is 85.1 Å². The standard InChI is InChI=1S/C55H95NO8/c1-3-5-7-9-11-13-14-15-16-17-18-19-20-21-22-23-24-25-26-27-28-29-30-31-32-33-34-35-36-37-39-41-43-45-51(59)56-48(49(58)44-42-40-38-12-10-8-6-4-2)47-63-55-54(62)53(61)52(60)50(46-57)64-55/h5,7,11,13,15-16,18-19,21-22,24-25,42,44,48-50,52-55,57-58,60-62H,3-4,6,8-10,12,14,17,20,23,26-41,43,45-47H2,1-2H3,(H,56,59)/b7-5-,13-11-,16-15-,19-18-,22-21-,25-24-,44-42+. The molecule has 0 aromatic carbocycles. The quantitative estimate of drug-likeness (QED) is 0.0262. The summed E-state index contributed by atoms with van der Waals surface area (Å²) < 4.78 is 11.2. The predicted octanol–water partition coefficient (Wildman–Crippen LogP) is 11.9. The van der Waals surface area contributed by atoms with Crippen LogP contribution >= 0.6 is 0 Å². The summed E-state index contributed by atoms with van der Waals surface area (Å²) in [4.78, 5) is 12.9. The first-order chi connectivity index (χ1) is 31.3. The highest BCUT2D eigenvalue weighted by atomic mass is 16.7. The van der Waals surface area contributed by atoms with Crippen molar-refractivity contribution in [3.05, 3.63) is 85.1 Å². The number of hydrogen-bond acceptors (Lipinski definition) is 8. The lowest BCUT2D eigenvalue weighted by molar-refractivity contribution is -0.302. The highest BCUT2D eigenvalue weighted by molar-refractivity contribution is 5.76. The Morgan fingerprint density at radius 2 is 0.969 bits per heavy atom. The summed E-state index contributed by atoms with van der Waals surface area (Å²) in [5.74, 6) is -0.185. The van der Waals surface area contributed by atoms with Gasteiger partial charge in [0, 0.05) is 6.42 Å². The number of nitrogens with one attached hydrogen (secondary N) is 1. The zero-order valence-electron chi connectivity index (χ0n) is 40.5. The highest BCUT2D eigenvalue weighted by Crippen LogP contribution is 2.23. The molecule has 0 spiro atoms. The van der Waals surface area contributed by atoms with Crippen LogP contribution in [0.25, 0.3) is 0 Å². The van der Waals surface area contributed by atoms with Crippen molar-refractivity contribution in [3.8, 4) is 0 Å². The molecule has 9 heteroatoms. The molecule has 1 aliphatic rings. The molecule has 7 unspecified atom stereocenters. The van der Waals surface area contributed by atoms with Crippen molar-refractivity contribution in [2.24, 2.45) is 0 Å². The first-order valence-electron chi connectivity index (χ1n) is 25.8. The van der Waals surface area contributed by atoms with Gasteiger partial charge in [0.25, 0.3) is 0 Å². The molecule has 64 heavy (non-hydrogen) atoms. The van der Waals surface area contributed by atoms with E-state index in [4.69, 9.17) is 9.47 Å². The number of aliphatic hydroxyl groups is 5. The monoisotopic (exact) mass is 898 g/mol. The molecule has 0 aromatic heterocycles. The number of ether oxygens (including phenoxy) is 2. The van der Waals surface area contributed by atoms with E-state index in [2.05, 4.69) is 92.1 Å². The van der Waals surface area contributed by atoms with Crippen LogP contribution in [0.3, 0.4) is 0 Å². The second-order valence-electron chi connectivity index (χ2n) is 17.6. The average molecular weight is 898 g/mol. The van der Waals surface area contributed by atoms with E-state index in [0.717, 1.165) is 77.0 Å². The summed E-state index contributed by atoms with van der Waals surface area (Å²) in [6.45, 7) is 3.60. The van der Waals surface area contributed by atoms with Gasteiger partial charge in [0.05, 0.1) is 25.4 Å². The SMILES string of the molecule is CC/C=C\C/C=C\C/C=C\C/C=C\C/C=C\C/C=C\CCCCCCCCCCCCCCCCC(=O)NC(COC1OC(CO)C(O)C(O)C1O)C(O)/C=C/CCCCCCCC. The number of rotatable bonds is 42. The van der Waals surface area contributed by atoms with E-state index >= 15 is 0 Å². The van der Waals surface area contributed by atoms with Gasteiger partial charge in [0.15, 0.2) is 6.29 Å². The third-order valence-electron chi connectivity index (χ3n) is 11.7. The van der Waals surface area contributed by atoms with Gasteiger partial charge in [-0.2, -0.15) is 0 Å². The Bertz CT molecular complexity index is 1270. The maximum Gasteiger partial charge on any atom is 0.220 e. The van der Waals surface area contributed by atoms with E-state index in [1.54, 1.807) is 6.08 Å². The van der Waals surface area contributed by atoms with E-state index < -0.39 is 49.5 Å². The van der Waals surface area contributed by atoms with Crippen LogP contribution in [-0.4, -0.2) is 87.5 Å². The van der Waals surface area contributed by atoms with Gasteiger partial charge >= 0.3 is 0 Å². The van der Waals surface area contributed by atoms with Crippen molar-refractivity contribution in [1.82, 2.24) is 5.32 Å². The van der Waals surface area contributed by atoms with Crippen molar-refractivity contribution in [2.45, 2.75) is 243 Å². The molecular weight excluding hydrogens is 803 g/mol. The maximum absolute atomic E-state index is 12.9. The molecule has 1 aliphatic heterocycles. The molecule has 0 saturated carbocycles. The Labute approximate surface area is 391 Å². The highest BCUT2D eigenvalue weighted by Gasteiger charge is 2.44. The summed E-state index contributed by atoms with van der Waals surface area (Å²) in [5.41, 5.74) is 0. The fraction of sp³-hybridized carbons (Fsp3) is 0.727. The Morgan fingerprint density at radius 1 is 0.547 bits per heavy atom. The van der Waals surface area contributed by atoms with Gasteiger partial charge in [-0.3, -0.25) is 4.79 Å². The van der Waals surface area contributed by atoms with Gasteiger partial charge in [0.2, 0.25) is 5.91 Å². The number of carbonyl (C=O) groups is 1. The summed E-state index contributed by atoms with van der Waals surface area (Å²) in [7, 11) is 0. The van der Waals surface area contributed by atoms with Gasteiger partial charge in [-0.15, -0.1) is 0 Å². The smallest absolute Gasteiger partial charge is 0.220 e. The van der Waals surface area contributed by atoms with Crippen LogP contribution in [0, 0.1) is 0 Å². The maximum atomic E-state index is 12.9. The predicted molar refractivity (Wildman–Crippen MR) is 267 cm³/mol. The topological polar surface area (TPSA) is 149 Å². The summed E-state index contributed by atoms with van der Waals surface area (Å²) in [6, 6.07) is -0.806. The lowest BCUT2D eigenvalue weighted by atomic mass is 9.99. The zero-order chi connectivity index (χ0) is 46.6. The number of hydrogen-bond donors (Lipinski definition) is 6. The zero-order valence-corrected chi connectivity index (χ0v) is 40.5. The Morgan fingerprint density at radius 3 is 1.44 bits per heavy atom. The van der Waals surface area contributed by atoms with Crippen LogP contribution in [0.1, 0.15) is 200 Å². The minimum Gasteiger partial charge on any atom is -0.394 e. The summed E-state index contributed by atoms with van der Waals surface area (Å²) >= 11 is 0. The van der Waals surface area contributed by atoms with Crippen molar-refractivity contribution in [2.75, 3.05) is 13.2 Å². The van der Waals surface area contributed by atoms with E-state index in [1.807, 2.05) is 6.08 Å². The van der Waals surface area contributed by atoms with Gasteiger partial charge in [-0.05, 0) is 70.6 Å². The number of aliphatic hydroxyl groups excluding tert-OH is 5. The lowest BCUT2D eigenvalue weighted by Crippen LogP contribution is -2.60. The van der Waals surface area contributed by atoms with Crippen LogP contribution < -0.4 is 5.32 Å². The van der Waals surface area contributed by atoms with Gasteiger partial charge < -0.3 is 40.3 Å². The third kappa shape index (κ3) is 33.8.